The van der Waals surface area contributed by atoms with Crippen LogP contribution in [0.4, 0.5) is 0 Å². The normalized spacial score (nSPS) is 15.9. The number of benzene rings is 1. The van der Waals surface area contributed by atoms with Gasteiger partial charge in [0.2, 0.25) is 0 Å². The van der Waals surface area contributed by atoms with E-state index in [4.69, 9.17) is 18.9 Å². The fraction of sp³-hybridized carbons (Fsp3) is 0.682. The van der Waals surface area contributed by atoms with Crippen LogP contribution in [0.3, 0.4) is 0 Å². The number of piperidine rings is 1. The highest BCUT2D eigenvalue weighted by Gasteiger charge is 2.22. The minimum absolute atomic E-state index is 0. The Kier molecular flexibility index (Phi) is 13.9. The van der Waals surface area contributed by atoms with Gasteiger partial charge in [0.15, 0.2) is 5.96 Å². The number of halogens is 1. The predicted octanol–water partition coefficient (Wildman–Crippen LogP) is 2.84. The lowest BCUT2D eigenvalue weighted by Crippen LogP contribution is -2.47. The van der Waals surface area contributed by atoms with Crippen molar-refractivity contribution >= 4 is 29.9 Å². The van der Waals surface area contributed by atoms with E-state index in [-0.39, 0.29) is 36.6 Å². The molecule has 1 atom stereocenters. The summed E-state index contributed by atoms with van der Waals surface area (Å²) in [5.74, 6) is 2.11. The standard InChI is InChI=1S/C22H37N3O5.HI/c1-5-23-22(25-11-9-17(10-12-25)30-14-6-13-27-2)24-16-20(26)19-15-18(28-3)7-8-21(19)29-4;/h7-8,15,17,20,26H,5-6,9-14,16H2,1-4H3,(H,23,24);1H. The van der Waals surface area contributed by atoms with E-state index in [0.29, 0.717) is 17.1 Å². The zero-order chi connectivity index (χ0) is 21.8. The summed E-state index contributed by atoms with van der Waals surface area (Å²) in [4.78, 5) is 6.91. The molecule has 0 saturated carbocycles. The van der Waals surface area contributed by atoms with Crippen LogP contribution < -0.4 is 14.8 Å². The Morgan fingerprint density at radius 2 is 1.94 bits per heavy atom. The molecule has 2 rings (SSSR count). The molecule has 1 heterocycles. The van der Waals surface area contributed by atoms with Gasteiger partial charge in [-0.25, -0.2) is 0 Å². The summed E-state index contributed by atoms with van der Waals surface area (Å²) in [7, 11) is 4.90. The van der Waals surface area contributed by atoms with Gasteiger partial charge in [-0.2, -0.15) is 0 Å². The summed E-state index contributed by atoms with van der Waals surface area (Å²) >= 11 is 0. The number of rotatable bonds is 11. The van der Waals surface area contributed by atoms with E-state index in [2.05, 4.69) is 15.2 Å². The van der Waals surface area contributed by atoms with Crippen LogP contribution in [0, 0.1) is 0 Å². The smallest absolute Gasteiger partial charge is 0.194 e. The molecule has 178 valence electrons. The maximum atomic E-state index is 10.7. The number of nitrogens with one attached hydrogen (secondary N) is 1. The fourth-order valence-electron chi connectivity index (χ4n) is 3.48. The van der Waals surface area contributed by atoms with Crippen molar-refractivity contribution < 1.29 is 24.1 Å². The monoisotopic (exact) mass is 551 g/mol. The molecule has 0 radical (unpaired) electrons. The summed E-state index contributed by atoms with van der Waals surface area (Å²) in [6, 6.07) is 5.39. The van der Waals surface area contributed by atoms with Crippen molar-refractivity contribution in [3.8, 4) is 11.5 Å². The first kappa shape index (κ1) is 27.7. The van der Waals surface area contributed by atoms with E-state index < -0.39 is 6.10 Å². The maximum absolute atomic E-state index is 10.7. The van der Waals surface area contributed by atoms with Crippen molar-refractivity contribution in [3.05, 3.63) is 23.8 Å². The van der Waals surface area contributed by atoms with Gasteiger partial charge >= 0.3 is 0 Å². The summed E-state index contributed by atoms with van der Waals surface area (Å²) in [6.07, 6.45) is 2.35. The number of guanidine groups is 1. The fourth-order valence-corrected chi connectivity index (χ4v) is 3.48. The molecule has 0 bridgehead atoms. The zero-order valence-electron chi connectivity index (χ0n) is 19.1. The van der Waals surface area contributed by atoms with Crippen LogP contribution >= 0.6 is 24.0 Å². The highest BCUT2D eigenvalue weighted by molar-refractivity contribution is 14.0. The van der Waals surface area contributed by atoms with Crippen molar-refractivity contribution in [2.75, 3.05) is 60.7 Å². The van der Waals surface area contributed by atoms with Crippen molar-refractivity contribution in [2.45, 2.75) is 38.4 Å². The number of hydrogen-bond donors (Lipinski definition) is 2. The maximum Gasteiger partial charge on any atom is 0.194 e. The van der Waals surface area contributed by atoms with E-state index in [1.165, 1.54) is 0 Å². The molecule has 1 unspecified atom stereocenters. The Labute approximate surface area is 203 Å². The van der Waals surface area contributed by atoms with Gasteiger partial charge in [0.05, 0.1) is 26.9 Å². The number of aliphatic imine (C=N–C) groups is 1. The number of ether oxygens (including phenoxy) is 4. The Bertz CT molecular complexity index is 654. The summed E-state index contributed by atoms with van der Waals surface area (Å²) < 4.78 is 21.7. The zero-order valence-corrected chi connectivity index (χ0v) is 21.5. The topological polar surface area (TPSA) is 84.8 Å². The minimum atomic E-state index is -0.787. The molecular formula is C22H38IN3O5. The van der Waals surface area contributed by atoms with Crippen LogP contribution in [0.2, 0.25) is 0 Å². The van der Waals surface area contributed by atoms with E-state index in [1.54, 1.807) is 33.5 Å². The molecule has 0 amide bonds. The third-order valence-electron chi connectivity index (χ3n) is 5.13. The van der Waals surface area contributed by atoms with Gasteiger partial charge in [0.1, 0.15) is 17.6 Å². The van der Waals surface area contributed by atoms with Gasteiger partial charge in [0.25, 0.3) is 0 Å². The Morgan fingerprint density at radius 3 is 2.55 bits per heavy atom. The third-order valence-corrected chi connectivity index (χ3v) is 5.13. The number of methoxy groups -OCH3 is 3. The first-order valence-electron chi connectivity index (χ1n) is 10.7. The Balaban J connectivity index is 0.00000480. The molecule has 0 aromatic heterocycles. The van der Waals surface area contributed by atoms with Crippen LogP contribution in [0.5, 0.6) is 11.5 Å². The van der Waals surface area contributed by atoms with Crippen LogP contribution in [-0.2, 0) is 9.47 Å². The van der Waals surface area contributed by atoms with Gasteiger partial charge in [-0.1, -0.05) is 0 Å². The van der Waals surface area contributed by atoms with E-state index in [9.17, 15) is 5.11 Å². The molecule has 1 aromatic carbocycles. The molecule has 31 heavy (non-hydrogen) atoms. The molecule has 1 aliphatic rings. The molecule has 1 fully saturated rings. The summed E-state index contributed by atoms with van der Waals surface area (Å²) in [5, 5.41) is 14.1. The van der Waals surface area contributed by atoms with Crippen molar-refractivity contribution in [1.82, 2.24) is 10.2 Å². The SMILES string of the molecule is CCNC(=NCC(O)c1cc(OC)ccc1OC)N1CCC(OCCCOC)CC1.I. The van der Waals surface area contributed by atoms with Crippen molar-refractivity contribution in [1.29, 1.82) is 0 Å². The van der Waals surface area contributed by atoms with Crippen LogP contribution in [0.15, 0.2) is 23.2 Å². The second kappa shape index (κ2) is 15.5. The average molecular weight is 551 g/mol. The molecule has 0 aliphatic carbocycles. The minimum Gasteiger partial charge on any atom is -0.497 e. The molecular weight excluding hydrogens is 513 g/mol. The van der Waals surface area contributed by atoms with Crippen LogP contribution in [0.1, 0.15) is 37.9 Å². The van der Waals surface area contributed by atoms with Crippen molar-refractivity contribution in [3.63, 3.8) is 0 Å². The first-order valence-corrected chi connectivity index (χ1v) is 10.7. The number of aliphatic hydroxyl groups is 1. The van der Waals surface area contributed by atoms with Crippen LogP contribution in [0.25, 0.3) is 0 Å². The van der Waals surface area contributed by atoms with Crippen LogP contribution in [-0.4, -0.2) is 82.8 Å². The average Bonchev–Trinajstić information content (AvgIpc) is 2.79. The molecule has 8 nitrogen and oxygen atoms in total. The van der Waals surface area contributed by atoms with Gasteiger partial charge in [-0.05, 0) is 44.4 Å². The van der Waals surface area contributed by atoms with Crippen molar-refractivity contribution in [2.24, 2.45) is 4.99 Å². The third kappa shape index (κ3) is 8.99. The molecule has 0 spiro atoms. The first-order chi connectivity index (χ1) is 14.6. The number of nitrogens with zero attached hydrogens (tertiary/aromatic N) is 2. The van der Waals surface area contributed by atoms with E-state index >= 15 is 0 Å². The largest absolute Gasteiger partial charge is 0.497 e. The molecule has 2 N–H and O–H groups in total. The second-order valence-corrected chi connectivity index (χ2v) is 7.22. The predicted molar refractivity (Wildman–Crippen MR) is 133 cm³/mol. The molecule has 1 aliphatic heterocycles. The lowest BCUT2D eigenvalue weighted by molar-refractivity contribution is 0.00986. The lowest BCUT2D eigenvalue weighted by Gasteiger charge is -2.34. The van der Waals surface area contributed by atoms with Gasteiger partial charge < -0.3 is 34.3 Å². The lowest BCUT2D eigenvalue weighted by atomic mass is 10.1. The molecule has 1 saturated heterocycles. The number of likely N-dealkylation sites (tertiary alicyclic amines) is 1. The van der Waals surface area contributed by atoms with Gasteiger partial charge in [-0.15, -0.1) is 24.0 Å². The molecule has 9 heteroatoms. The highest BCUT2D eigenvalue weighted by Crippen LogP contribution is 2.29. The second-order valence-electron chi connectivity index (χ2n) is 7.22. The summed E-state index contributed by atoms with van der Waals surface area (Å²) in [6.45, 7) is 6.27. The summed E-state index contributed by atoms with van der Waals surface area (Å²) in [5.41, 5.74) is 0.666. The van der Waals surface area contributed by atoms with Gasteiger partial charge in [-0.3, -0.25) is 4.99 Å². The number of aliphatic hydroxyl groups excluding tert-OH is 1. The Morgan fingerprint density at radius 1 is 1.19 bits per heavy atom. The Hall–Kier alpha value is -1.30. The molecule has 1 aromatic rings. The number of hydrogen-bond acceptors (Lipinski definition) is 6. The quantitative estimate of drug-likeness (QED) is 0.190. The van der Waals surface area contributed by atoms with E-state index in [1.807, 2.05) is 13.0 Å². The van der Waals surface area contributed by atoms with Gasteiger partial charge in [0, 0.05) is 45.5 Å². The van der Waals surface area contributed by atoms with E-state index in [0.717, 1.165) is 58.1 Å². The highest BCUT2D eigenvalue weighted by atomic mass is 127.